The Bertz CT molecular complexity index is 880. The lowest BCUT2D eigenvalue weighted by Gasteiger charge is -2.27. The highest BCUT2D eigenvalue weighted by molar-refractivity contribution is 6.06. The molecule has 4 atom stereocenters. The molecule has 0 saturated carbocycles. The molecule has 0 amide bonds. The number of ether oxygens (including phenoxy) is 1. The van der Waals surface area contributed by atoms with E-state index in [1.54, 1.807) is 12.4 Å². The van der Waals surface area contributed by atoms with E-state index in [2.05, 4.69) is 20.5 Å². The molecule has 0 radical (unpaired) electrons. The molecule has 1 fully saturated rings. The van der Waals surface area contributed by atoms with Crippen molar-refractivity contribution in [2.24, 2.45) is 0 Å². The number of aromatic amines is 2. The predicted octanol–water partition coefficient (Wildman–Crippen LogP) is -0.196. The Morgan fingerprint density at radius 3 is 3.00 bits per heavy atom. The molecule has 0 unspecified atom stereocenters. The Kier molecular flexibility index (Phi) is 3.07. The van der Waals surface area contributed by atoms with Crippen molar-refractivity contribution >= 4 is 21.8 Å². The summed E-state index contributed by atoms with van der Waals surface area (Å²) in [6, 6.07) is 3.80. The Morgan fingerprint density at radius 2 is 2.26 bits per heavy atom. The number of aliphatic hydroxyl groups excluding tert-OH is 2. The van der Waals surface area contributed by atoms with E-state index in [-0.39, 0.29) is 6.61 Å². The van der Waals surface area contributed by atoms with E-state index in [0.29, 0.717) is 5.52 Å². The fourth-order valence-electron chi connectivity index (χ4n) is 3.11. The van der Waals surface area contributed by atoms with Crippen LogP contribution in [0.1, 0.15) is 13.2 Å². The first-order valence-electron chi connectivity index (χ1n) is 7.25. The maximum absolute atomic E-state index is 10.6. The molecule has 0 spiro atoms. The van der Waals surface area contributed by atoms with Crippen molar-refractivity contribution in [3.8, 4) is 0 Å². The minimum atomic E-state index is -1.58. The maximum atomic E-state index is 10.6. The van der Waals surface area contributed by atoms with Crippen molar-refractivity contribution in [2.45, 2.75) is 31.0 Å². The first kappa shape index (κ1) is 14.4. The van der Waals surface area contributed by atoms with Gasteiger partial charge in [0.25, 0.3) is 0 Å². The minimum absolute atomic E-state index is 0.390. The Balaban J connectivity index is 1.90. The van der Waals surface area contributed by atoms with Crippen LogP contribution in [0.5, 0.6) is 0 Å². The second-order valence-corrected chi connectivity index (χ2v) is 5.95. The summed E-state index contributed by atoms with van der Waals surface area (Å²) in [5, 5.41) is 45.8. The number of H-pyrrole nitrogens is 2. The van der Waals surface area contributed by atoms with Crippen molar-refractivity contribution < 1.29 is 20.1 Å². The molecule has 1 saturated heterocycles. The zero-order chi connectivity index (χ0) is 16.2. The van der Waals surface area contributed by atoms with Gasteiger partial charge in [0.1, 0.15) is 23.3 Å². The summed E-state index contributed by atoms with van der Waals surface area (Å²) in [6.45, 7) is 1.07. The van der Waals surface area contributed by atoms with Gasteiger partial charge in [-0.3, -0.25) is 5.10 Å². The number of rotatable bonds is 2. The van der Waals surface area contributed by atoms with Crippen LogP contribution < -0.4 is 0 Å². The molecule has 3 heterocycles. The summed E-state index contributed by atoms with van der Waals surface area (Å²) in [6.07, 6.45) is 0.284. The average molecular weight is 319 g/mol. The lowest BCUT2D eigenvalue weighted by Crippen LogP contribution is -2.44. The summed E-state index contributed by atoms with van der Waals surface area (Å²) >= 11 is 0. The van der Waals surface area contributed by atoms with Crippen molar-refractivity contribution in [1.82, 2.24) is 25.2 Å². The maximum Gasteiger partial charge on any atom is 0.181 e. The van der Waals surface area contributed by atoms with E-state index in [1.165, 1.54) is 11.6 Å². The van der Waals surface area contributed by atoms with Gasteiger partial charge in [0.05, 0.1) is 18.3 Å². The normalized spacial score (nSPS) is 31.2. The molecule has 1 aliphatic heterocycles. The largest absolute Gasteiger partial charge is 0.394 e. The molecule has 1 aromatic carbocycles. The second kappa shape index (κ2) is 4.90. The average Bonchev–Trinajstić information content (AvgIpc) is 2.94. The SMILES string of the molecule is C[C@@]1(O)[C@H](O)[C@@H](CO)O[C@H]1n1cc2ccc3[nH][nH]ncc(n1)c23. The summed E-state index contributed by atoms with van der Waals surface area (Å²) in [4.78, 5) is 0. The topological polar surface area (TPSA) is 132 Å². The van der Waals surface area contributed by atoms with Crippen LogP contribution in [0.2, 0.25) is 0 Å². The number of aromatic nitrogens is 5. The van der Waals surface area contributed by atoms with Gasteiger partial charge in [-0.2, -0.15) is 10.2 Å². The van der Waals surface area contributed by atoms with E-state index < -0.39 is 24.0 Å². The highest BCUT2D eigenvalue weighted by Crippen LogP contribution is 2.38. The van der Waals surface area contributed by atoms with E-state index >= 15 is 0 Å². The van der Waals surface area contributed by atoms with Gasteiger partial charge in [0.2, 0.25) is 0 Å². The molecule has 2 aromatic heterocycles. The molecule has 9 heteroatoms. The zero-order valence-corrected chi connectivity index (χ0v) is 12.3. The van der Waals surface area contributed by atoms with E-state index in [1.807, 2.05) is 12.1 Å². The molecule has 122 valence electrons. The minimum Gasteiger partial charge on any atom is -0.394 e. The van der Waals surface area contributed by atoms with Crippen molar-refractivity contribution in [3.05, 3.63) is 24.5 Å². The van der Waals surface area contributed by atoms with Gasteiger partial charge in [-0.25, -0.2) is 9.90 Å². The van der Waals surface area contributed by atoms with Gasteiger partial charge in [0, 0.05) is 17.0 Å². The second-order valence-electron chi connectivity index (χ2n) is 5.95. The van der Waals surface area contributed by atoms with Gasteiger partial charge in [-0.15, -0.1) is 0 Å². The number of nitrogens with zero attached hydrogens (tertiary/aromatic N) is 3. The van der Waals surface area contributed by atoms with Gasteiger partial charge in [-0.05, 0) is 13.0 Å². The first-order valence-corrected chi connectivity index (χ1v) is 7.25. The van der Waals surface area contributed by atoms with Gasteiger partial charge in [0.15, 0.2) is 6.23 Å². The summed E-state index contributed by atoms with van der Waals surface area (Å²) in [7, 11) is 0. The van der Waals surface area contributed by atoms with Crippen LogP contribution in [0.3, 0.4) is 0 Å². The number of nitrogens with one attached hydrogen (secondary N) is 2. The van der Waals surface area contributed by atoms with Crippen LogP contribution >= 0.6 is 0 Å². The number of aliphatic hydroxyl groups is 3. The smallest absolute Gasteiger partial charge is 0.181 e. The number of hydrogen-bond donors (Lipinski definition) is 5. The quantitative estimate of drug-likeness (QED) is 0.444. The molecule has 0 aliphatic carbocycles. The molecule has 0 bridgehead atoms. The van der Waals surface area contributed by atoms with Gasteiger partial charge in [-0.1, -0.05) is 6.07 Å². The third kappa shape index (κ3) is 2.01. The lowest BCUT2D eigenvalue weighted by atomic mass is 9.97. The first-order chi connectivity index (χ1) is 11.0. The van der Waals surface area contributed by atoms with Crippen LogP contribution in [0.15, 0.2) is 24.5 Å². The number of hydrogen-bond acceptors (Lipinski definition) is 6. The van der Waals surface area contributed by atoms with Crippen molar-refractivity contribution in [2.75, 3.05) is 6.61 Å². The zero-order valence-electron chi connectivity index (χ0n) is 12.3. The molecule has 23 heavy (non-hydrogen) atoms. The predicted molar refractivity (Wildman–Crippen MR) is 80.2 cm³/mol. The van der Waals surface area contributed by atoms with E-state index in [0.717, 1.165) is 16.3 Å². The third-order valence-electron chi connectivity index (χ3n) is 4.36. The highest BCUT2D eigenvalue weighted by Gasteiger charge is 2.53. The molecule has 4 rings (SSSR count). The summed E-state index contributed by atoms with van der Waals surface area (Å²) < 4.78 is 7.06. The van der Waals surface area contributed by atoms with Gasteiger partial charge < -0.3 is 20.1 Å². The fraction of sp³-hybridized carbons (Fsp3) is 0.429. The highest BCUT2D eigenvalue weighted by atomic mass is 16.6. The monoisotopic (exact) mass is 319 g/mol. The van der Waals surface area contributed by atoms with Crippen molar-refractivity contribution in [3.63, 3.8) is 0 Å². The Hall–Kier alpha value is -2.20. The van der Waals surface area contributed by atoms with Crippen LogP contribution in [-0.4, -0.2) is 64.9 Å². The molecule has 3 aromatic rings. The molecular formula is C14H17N5O4. The van der Waals surface area contributed by atoms with Crippen molar-refractivity contribution in [1.29, 1.82) is 0 Å². The van der Waals surface area contributed by atoms with Gasteiger partial charge >= 0.3 is 0 Å². The summed E-state index contributed by atoms with van der Waals surface area (Å²) in [5.41, 5.74) is -0.139. The van der Waals surface area contributed by atoms with E-state index in [9.17, 15) is 15.3 Å². The van der Waals surface area contributed by atoms with Crippen LogP contribution in [0, 0.1) is 0 Å². The molecule has 5 N–H and O–H groups in total. The summed E-state index contributed by atoms with van der Waals surface area (Å²) in [5.74, 6) is 0. The van der Waals surface area contributed by atoms with Crippen LogP contribution in [0.4, 0.5) is 0 Å². The molecule has 1 aliphatic rings. The van der Waals surface area contributed by atoms with E-state index in [4.69, 9.17) is 4.74 Å². The van der Waals surface area contributed by atoms with Crippen LogP contribution in [0.25, 0.3) is 21.8 Å². The van der Waals surface area contributed by atoms with Crippen LogP contribution in [-0.2, 0) is 4.74 Å². The fourth-order valence-corrected chi connectivity index (χ4v) is 3.11. The Labute approximate surface area is 130 Å². The third-order valence-corrected chi connectivity index (χ3v) is 4.36. The standard InChI is InChI=1S/C14H17N5O4/c1-14(22)12(21)10(6-20)23-13(14)19-5-7-2-3-8-11(7)9(17-19)4-15-18-16-8/h2-5,10,12-13,16,18,20-22H,6H2,1H3/t10-,12-,13-,14-/m1/s1. The molecular weight excluding hydrogens is 302 g/mol. The Morgan fingerprint density at radius 1 is 1.43 bits per heavy atom. The lowest BCUT2D eigenvalue weighted by molar-refractivity contribution is -0.102. The molecule has 9 nitrogen and oxygen atoms in total.